The maximum atomic E-state index is 6.03. The molecule has 0 saturated heterocycles. The van der Waals surface area contributed by atoms with Crippen molar-refractivity contribution in [3.05, 3.63) is 0 Å². The van der Waals surface area contributed by atoms with Gasteiger partial charge in [-0.05, 0) is 62.3 Å². The normalized spacial score (nSPS) is 38.2. The zero-order valence-corrected chi connectivity index (χ0v) is 12.1. The molecular formula is C16H29NO. The predicted molar refractivity (Wildman–Crippen MR) is 74.5 cm³/mol. The largest absolute Gasteiger partial charge is 0.381 e. The summed E-state index contributed by atoms with van der Waals surface area (Å²) >= 11 is 0. The highest BCUT2D eigenvalue weighted by Crippen LogP contribution is 2.59. The van der Waals surface area contributed by atoms with E-state index in [2.05, 4.69) is 19.2 Å². The lowest BCUT2D eigenvalue weighted by atomic mass is 9.83. The predicted octanol–water partition coefficient (Wildman–Crippen LogP) is 3.07. The van der Waals surface area contributed by atoms with Gasteiger partial charge in [-0.1, -0.05) is 13.8 Å². The molecular weight excluding hydrogens is 222 g/mol. The fourth-order valence-corrected chi connectivity index (χ4v) is 3.67. The van der Waals surface area contributed by atoms with Crippen LogP contribution in [0.4, 0.5) is 0 Å². The summed E-state index contributed by atoms with van der Waals surface area (Å²) in [5, 5.41) is 3.68. The molecule has 2 nitrogen and oxygen atoms in total. The fourth-order valence-electron chi connectivity index (χ4n) is 3.67. The van der Waals surface area contributed by atoms with Gasteiger partial charge in [0.05, 0.1) is 6.61 Å². The van der Waals surface area contributed by atoms with Gasteiger partial charge in [0, 0.05) is 18.6 Å². The second-order valence-electron chi connectivity index (χ2n) is 7.65. The van der Waals surface area contributed by atoms with Crippen LogP contribution in [0.15, 0.2) is 0 Å². The van der Waals surface area contributed by atoms with Gasteiger partial charge in [0.15, 0.2) is 0 Å². The third-order valence-corrected chi connectivity index (χ3v) is 4.97. The van der Waals surface area contributed by atoms with Gasteiger partial charge in [-0.2, -0.15) is 0 Å². The smallest absolute Gasteiger partial charge is 0.0534 e. The molecule has 18 heavy (non-hydrogen) atoms. The van der Waals surface area contributed by atoms with Crippen molar-refractivity contribution in [2.24, 2.45) is 29.1 Å². The van der Waals surface area contributed by atoms with Gasteiger partial charge in [0.25, 0.3) is 0 Å². The molecule has 0 heterocycles. The van der Waals surface area contributed by atoms with Gasteiger partial charge in [-0.3, -0.25) is 0 Å². The van der Waals surface area contributed by atoms with E-state index in [-0.39, 0.29) is 0 Å². The number of ether oxygens (including phenoxy) is 1. The summed E-state index contributed by atoms with van der Waals surface area (Å²) in [6.45, 7) is 8.95. The van der Waals surface area contributed by atoms with Crippen molar-refractivity contribution >= 4 is 0 Å². The molecule has 3 aliphatic rings. The molecule has 104 valence electrons. The van der Waals surface area contributed by atoms with Gasteiger partial charge in [-0.25, -0.2) is 0 Å². The number of hydrogen-bond donors (Lipinski definition) is 1. The van der Waals surface area contributed by atoms with Crippen LogP contribution < -0.4 is 5.32 Å². The Morgan fingerprint density at radius 3 is 2.56 bits per heavy atom. The molecule has 3 saturated carbocycles. The average Bonchev–Trinajstić information content (AvgIpc) is 3.20. The highest BCUT2D eigenvalue weighted by molar-refractivity contribution is 5.04. The Hall–Kier alpha value is -0.0800. The minimum atomic E-state index is 0.483. The molecule has 0 radical (unpaired) electrons. The van der Waals surface area contributed by atoms with E-state index in [1.165, 1.54) is 38.6 Å². The summed E-state index contributed by atoms with van der Waals surface area (Å²) in [4.78, 5) is 0. The fraction of sp³-hybridized carbons (Fsp3) is 1.00. The first kappa shape index (κ1) is 12.9. The van der Waals surface area contributed by atoms with Crippen LogP contribution in [0.2, 0.25) is 0 Å². The quantitative estimate of drug-likeness (QED) is 0.716. The number of rotatable bonds is 8. The van der Waals surface area contributed by atoms with E-state index in [4.69, 9.17) is 4.74 Å². The Labute approximate surface area is 112 Å². The van der Waals surface area contributed by atoms with Crippen LogP contribution >= 0.6 is 0 Å². The standard InChI is InChI=1S/C16H29NO/c1-12(2)8-17-10-16(6-14-5-15(14)7-16)11-18-9-13-3-4-13/h12-15,17H,3-11H2,1-2H3. The summed E-state index contributed by atoms with van der Waals surface area (Å²) in [6, 6.07) is 0. The van der Waals surface area contributed by atoms with Crippen molar-refractivity contribution in [2.45, 2.75) is 46.0 Å². The molecule has 0 aromatic heterocycles. The second-order valence-corrected chi connectivity index (χ2v) is 7.65. The minimum Gasteiger partial charge on any atom is -0.381 e. The van der Waals surface area contributed by atoms with Crippen molar-refractivity contribution in [1.82, 2.24) is 5.32 Å². The first-order valence-electron chi connectivity index (χ1n) is 7.95. The monoisotopic (exact) mass is 251 g/mol. The van der Waals surface area contributed by atoms with E-state index < -0.39 is 0 Å². The number of nitrogens with one attached hydrogen (secondary N) is 1. The average molecular weight is 251 g/mol. The first-order chi connectivity index (χ1) is 8.67. The van der Waals surface area contributed by atoms with Crippen molar-refractivity contribution < 1.29 is 4.74 Å². The van der Waals surface area contributed by atoms with E-state index >= 15 is 0 Å². The zero-order chi connectivity index (χ0) is 12.6. The zero-order valence-electron chi connectivity index (χ0n) is 12.1. The van der Waals surface area contributed by atoms with E-state index in [0.29, 0.717) is 5.41 Å². The summed E-state index contributed by atoms with van der Waals surface area (Å²) < 4.78 is 6.03. The lowest BCUT2D eigenvalue weighted by molar-refractivity contribution is 0.0334. The molecule has 3 fully saturated rings. The summed E-state index contributed by atoms with van der Waals surface area (Å²) in [5.74, 6) is 3.76. The Morgan fingerprint density at radius 2 is 1.94 bits per heavy atom. The van der Waals surface area contributed by atoms with Gasteiger partial charge in [0.1, 0.15) is 0 Å². The van der Waals surface area contributed by atoms with Crippen molar-refractivity contribution in [3.8, 4) is 0 Å². The van der Waals surface area contributed by atoms with Crippen molar-refractivity contribution in [3.63, 3.8) is 0 Å². The maximum Gasteiger partial charge on any atom is 0.0534 e. The van der Waals surface area contributed by atoms with Crippen LogP contribution in [0.5, 0.6) is 0 Å². The topological polar surface area (TPSA) is 21.3 Å². The molecule has 0 aromatic rings. The number of fused-ring (bicyclic) bond motifs is 1. The van der Waals surface area contributed by atoms with Crippen LogP contribution in [-0.4, -0.2) is 26.3 Å². The first-order valence-corrected chi connectivity index (χ1v) is 7.95. The Kier molecular flexibility index (Phi) is 3.68. The highest BCUT2D eigenvalue weighted by Gasteiger charge is 2.53. The molecule has 0 amide bonds. The summed E-state index contributed by atoms with van der Waals surface area (Å²) in [5.41, 5.74) is 0.483. The molecule has 0 bridgehead atoms. The van der Waals surface area contributed by atoms with E-state index in [0.717, 1.165) is 43.4 Å². The maximum absolute atomic E-state index is 6.03. The SMILES string of the molecule is CC(C)CNCC1(COCC2CC2)CC2CC2C1. The van der Waals surface area contributed by atoms with Crippen molar-refractivity contribution in [1.29, 1.82) is 0 Å². The summed E-state index contributed by atoms with van der Waals surface area (Å²) in [6.07, 6.45) is 7.17. The van der Waals surface area contributed by atoms with Gasteiger partial charge < -0.3 is 10.1 Å². The molecule has 2 heteroatoms. The van der Waals surface area contributed by atoms with Crippen LogP contribution in [0, 0.1) is 29.1 Å². The van der Waals surface area contributed by atoms with Gasteiger partial charge in [0.2, 0.25) is 0 Å². The van der Waals surface area contributed by atoms with Crippen LogP contribution in [-0.2, 0) is 4.74 Å². The van der Waals surface area contributed by atoms with E-state index in [9.17, 15) is 0 Å². The molecule has 3 aliphatic carbocycles. The van der Waals surface area contributed by atoms with Gasteiger partial charge >= 0.3 is 0 Å². The van der Waals surface area contributed by atoms with Crippen molar-refractivity contribution in [2.75, 3.05) is 26.3 Å². The molecule has 0 aliphatic heterocycles. The number of hydrogen-bond acceptors (Lipinski definition) is 2. The molecule has 1 N–H and O–H groups in total. The molecule has 2 atom stereocenters. The van der Waals surface area contributed by atoms with Crippen LogP contribution in [0.3, 0.4) is 0 Å². The minimum absolute atomic E-state index is 0.483. The third-order valence-electron chi connectivity index (χ3n) is 4.97. The van der Waals surface area contributed by atoms with E-state index in [1.807, 2.05) is 0 Å². The Balaban J connectivity index is 1.44. The van der Waals surface area contributed by atoms with Crippen LogP contribution in [0.25, 0.3) is 0 Å². The van der Waals surface area contributed by atoms with E-state index in [1.54, 1.807) is 0 Å². The molecule has 0 spiro atoms. The molecule has 0 aromatic carbocycles. The third kappa shape index (κ3) is 3.27. The van der Waals surface area contributed by atoms with Crippen LogP contribution in [0.1, 0.15) is 46.0 Å². The Morgan fingerprint density at radius 1 is 1.22 bits per heavy atom. The second kappa shape index (κ2) is 5.13. The molecule has 2 unspecified atom stereocenters. The summed E-state index contributed by atoms with van der Waals surface area (Å²) in [7, 11) is 0. The molecule has 3 rings (SSSR count). The Bertz CT molecular complexity index is 265. The lowest BCUT2D eigenvalue weighted by Crippen LogP contribution is -2.38. The van der Waals surface area contributed by atoms with Gasteiger partial charge in [-0.15, -0.1) is 0 Å². The highest BCUT2D eigenvalue weighted by atomic mass is 16.5. The lowest BCUT2D eigenvalue weighted by Gasteiger charge is -2.31.